The van der Waals surface area contributed by atoms with Crippen molar-refractivity contribution in [3.05, 3.63) is 62.5 Å². The van der Waals surface area contributed by atoms with Crippen LogP contribution in [0.15, 0.2) is 41.3 Å². The standard InChI is InChI=1S/C20H17Cl2NO4S/c1-3-27-18-15(22)8-13(9-16(18)26-2)10-17-19(24)23(20(25)28-17)11-12-4-6-14(21)7-5-12/h4-10H,3,11H2,1-2H3/b17-10-. The zero-order valence-corrected chi connectivity index (χ0v) is 17.5. The first-order valence-electron chi connectivity index (χ1n) is 8.43. The first kappa shape index (κ1) is 20.6. The number of rotatable bonds is 6. The molecule has 146 valence electrons. The Morgan fingerprint density at radius 1 is 1.14 bits per heavy atom. The van der Waals surface area contributed by atoms with Crippen molar-refractivity contribution in [1.29, 1.82) is 0 Å². The second-order valence-electron chi connectivity index (χ2n) is 5.86. The highest BCUT2D eigenvalue weighted by molar-refractivity contribution is 8.18. The predicted octanol–water partition coefficient (Wildman–Crippen LogP) is 5.64. The molecule has 0 spiro atoms. The van der Waals surface area contributed by atoms with Crippen LogP contribution in [0.3, 0.4) is 0 Å². The van der Waals surface area contributed by atoms with E-state index in [1.807, 2.05) is 6.92 Å². The summed E-state index contributed by atoms with van der Waals surface area (Å²) in [6.45, 7) is 2.48. The van der Waals surface area contributed by atoms with Crippen molar-refractivity contribution in [1.82, 2.24) is 4.90 Å². The van der Waals surface area contributed by atoms with Crippen LogP contribution in [0.5, 0.6) is 11.5 Å². The average Bonchev–Trinajstić information content (AvgIpc) is 2.92. The van der Waals surface area contributed by atoms with Crippen molar-refractivity contribution in [3.63, 3.8) is 0 Å². The summed E-state index contributed by atoms with van der Waals surface area (Å²) in [6, 6.07) is 10.4. The molecule has 8 heteroatoms. The number of thioether (sulfide) groups is 1. The van der Waals surface area contributed by atoms with E-state index in [0.717, 1.165) is 17.3 Å². The molecule has 5 nitrogen and oxygen atoms in total. The Balaban J connectivity index is 1.85. The summed E-state index contributed by atoms with van der Waals surface area (Å²) in [5.74, 6) is 0.551. The van der Waals surface area contributed by atoms with E-state index in [4.69, 9.17) is 32.7 Å². The Hall–Kier alpha value is -2.15. The van der Waals surface area contributed by atoms with E-state index >= 15 is 0 Å². The summed E-state index contributed by atoms with van der Waals surface area (Å²) in [5.41, 5.74) is 1.46. The maximum Gasteiger partial charge on any atom is 0.293 e. The number of carbonyl (C=O) groups excluding carboxylic acids is 2. The molecule has 0 atom stereocenters. The summed E-state index contributed by atoms with van der Waals surface area (Å²) in [5, 5.41) is 0.641. The summed E-state index contributed by atoms with van der Waals surface area (Å²) < 4.78 is 10.8. The zero-order chi connectivity index (χ0) is 20.3. The lowest BCUT2D eigenvalue weighted by Crippen LogP contribution is -2.27. The van der Waals surface area contributed by atoms with E-state index in [2.05, 4.69) is 0 Å². The molecule has 1 heterocycles. The molecule has 2 amide bonds. The fourth-order valence-corrected chi connectivity index (χ4v) is 3.91. The van der Waals surface area contributed by atoms with E-state index in [0.29, 0.717) is 38.6 Å². The van der Waals surface area contributed by atoms with Crippen molar-refractivity contribution < 1.29 is 19.1 Å². The minimum Gasteiger partial charge on any atom is -0.493 e. The second-order valence-corrected chi connectivity index (χ2v) is 7.70. The molecule has 1 aliphatic rings. The van der Waals surface area contributed by atoms with E-state index in [1.54, 1.807) is 42.5 Å². The van der Waals surface area contributed by atoms with Gasteiger partial charge in [-0.1, -0.05) is 35.3 Å². The number of imide groups is 1. The number of amides is 2. The highest BCUT2D eigenvalue weighted by Gasteiger charge is 2.35. The van der Waals surface area contributed by atoms with Crippen LogP contribution in [0.2, 0.25) is 10.0 Å². The predicted molar refractivity (Wildman–Crippen MR) is 112 cm³/mol. The van der Waals surface area contributed by atoms with Crippen LogP contribution < -0.4 is 9.47 Å². The van der Waals surface area contributed by atoms with Crippen molar-refractivity contribution in [3.8, 4) is 11.5 Å². The smallest absolute Gasteiger partial charge is 0.293 e. The third-order valence-corrected chi connectivity index (χ3v) is 5.41. The van der Waals surface area contributed by atoms with Crippen molar-refractivity contribution >= 4 is 52.2 Å². The van der Waals surface area contributed by atoms with Gasteiger partial charge in [-0.05, 0) is 60.2 Å². The van der Waals surface area contributed by atoms with Gasteiger partial charge in [0.2, 0.25) is 0 Å². The lowest BCUT2D eigenvalue weighted by atomic mass is 10.1. The molecule has 3 rings (SSSR count). The number of ether oxygens (including phenoxy) is 2. The van der Waals surface area contributed by atoms with Gasteiger partial charge in [0.05, 0.1) is 30.2 Å². The maximum absolute atomic E-state index is 12.7. The molecule has 0 saturated carbocycles. The number of carbonyl (C=O) groups is 2. The number of halogens is 2. The number of methoxy groups -OCH3 is 1. The zero-order valence-electron chi connectivity index (χ0n) is 15.2. The van der Waals surface area contributed by atoms with Crippen LogP contribution in [0.4, 0.5) is 4.79 Å². The van der Waals surface area contributed by atoms with E-state index in [9.17, 15) is 9.59 Å². The van der Waals surface area contributed by atoms with Crippen molar-refractivity contribution in [2.45, 2.75) is 13.5 Å². The minimum absolute atomic E-state index is 0.187. The summed E-state index contributed by atoms with van der Waals surface area (Å²) >= 11 is 13.0. The number of hydrogen-bond acceptors (Lipinski definition) is 5. The lowest BCUT2D eigenvalue weighted by Gasteiger charge is -2.13. The van der Waals surface area contributed by atoms with Gasteiger partial charge in [0.1, 0.15) is 0 Å². The number of benzene rings is 2. The highest BCUT2D eigenvalue weighted by atomic mass is 35.5. The third-order valence-electron chi connectivity index (χ3n) is 3.97. The van der Waals surface area contributed by atoms with Crippen LogP contribution >= 0.6 is 35.0 Å². The molecule has 2 aromatic carbocycles. The van der Waals surface area contributed by atoms with Crippen molar-refractivity contribution in [2.24, 2.45) is 0 Å². The van der Waals surface area contributed by atoms with E-state index in [-0.39, 0.29) is 17.7 Å². The molecule has 0 radical (unpaired) electrons. The molecule has 0 aromatic heterocycles. The molecule has 1 aliphatic heterocycles. The maximum atomic E-state index is 12.7. The van der Waals surface area contributed by atoms with Gasteiger partial charge in [-0.2, -0.15) is 0 Å². The average molecular weight is 438 g/mol. The Morgan fingerprint density at radius 2 is 1.86 bits per heavy atom. The van der Waals surface area contributed by atoms with Gasteiger partial charge in [0.25, 0.3) is 11.1 Å². The molecule has 2 aromatic rings. The van der Waals surface area contributed by atoms with Crippen LogP contribution in [-0.4, -0.2) is 29.8 Å². The van der Waals surface area contributed by atoms with Gasteiger partial charge in [-0.15, -0.1) is 0 Å². The highest BCUT2D eigenvalue weighted by Crippen LogP contribution is 2.39. The third kappa shape index (κ3) is 4.46. The molecule has 28 heavy (non-hydrogen) atoms. The largest absolute Gasteiger partial charge is 0.493 e. The van der Waals surface area contributed by atoms with E-state index < -0.39 is 0 Å². The molecule has 0 unspecified atom stereocenters. The van der Waals surface area contributed by atoms with Crippen LogP contribution in [0.25, 0.3) is 6.08 Å². The monoisotopic (exact) mass is 437 g/mol. The summed E-state index contributed by atoms with van der Waals surface area (Å²) in [6.07, 6.45) is 1.62. The first-order valence-corrected chi connectivity index (χ1v) is 10.00. The molecule has 0 N–H and O–H groups in total. The Labute approximate surface area is 177 Å². The topological polar surface area (TPSA) is 55.8 Å². The van der Waals surface area contributed by atoms with Crippen LogP contribution in [-0.2, 0) is 11.3 Å². The summed E-state index contributed by atoms with van der Waals surface area (Å²) in [4.78, 5) is 26.5. The van der Waals surface area contributed by atoms with Gasteiger partial charge in [-0.25, -0.2) is 0 Å². The molecular formula is C20H17Cl2NO4S. The van der Waals surface area contributed by atoms with Gasteiger partial charge >= 0.3 is 0 Å². The Morgan fingerprint density at radius 3 is 2.50 bits per heavy atom. The Bertz CT molecular complexity index is 944. The molecule has 1 saturated heterocycles. The Kier molecular flexibility index (Phi) is 6.54. The fraction of sp³-hybridized carbons (Fsp3) is 0.200. The molecular weight excluding hydrogens is 421 g/mol. The molecule has 1 fully saturated rings. The van der Waals surface area contributed by atoms with Gasteiger partial charge < -0.3 is 9.47 Å². The molecule has 0 bridgehead atoms. The van der Waals surface area contributed by atoms with Gasteiger partial charge in [0, 0.05) is 5.02 Å². The van der Waals surface area contributed by atoms with Gasteiger partial charge in [-0.3, -0.25) is 14.5 Å². The number of hydrogen-bond donors (Lipinski definition) is 0. The fourth-order valence-electron chi connectivity index (χ4n) is 2.67. The first-order chi connectivity index (χ1) is 13.4. The van der Waals surface area contributed by atoms with Crippen LogP contribution in [0, 0.1) is 0 Å². The number of nitrogens with zero attached hydrogens (tertiary/aromatic N) is 1. The second kappa shape index (κ2) is 8.90. The molecule has 0 aliphatic carbocycles. The van der Waals surface area contributed by atoms with Gasteiger partial charge in [0.15, 0.2) is 11.5 Å². The van der Waals surface area contributed by atoms with Crippen LogP contribution in [0.1, 0.15) is 18.1 Å². The quantitative estimate of drug-likeness (QED) is 0.547. The SMILES string of the molecule is CCOc1c(Cl)cc(/C=C2\SC(=O)N(Cc3ccc(Cl)cc3)C2=O)cc1OC. The minimum atomic E-state index is -0.353. The van der Waals surface area contributed by atoms with E-state index in [1.165, 1.54) is 12.0 Å². The summed E-state index contributed by atoms with van der Waals surface area (Å²) in [7, 11) is 1.51. The normalized spacial score (nSPS) is 15.4. The lowest BCUT2D eigenvalue weighted by molar-refractivity contribution is -0.123. The van der Waals surface area contributed by atoms with Crippen molar-refractivity contribution in [2.75, 3.05) is 13.7 Å².